The zero-order valence-corrected chi connectivity index (χ0v) is 9.79. The predicted octanol–water partition coefficient (Wildman–Crippen LogP) is 2.75. The molecule has 0 heterocycles. The molecule has 1 aromatic rings. The SMILES string of the molecule is C=CNC(=O)NC(C)c1ccc(CC)cc1. The molecule has 2 N–H and O–H groups in total. The van der Waals surface area contributed by atoms with Crippen LogP contribution >= 0.6 is 0 Å². The van der Waals surface area contributed by atoms with E-state index < -0.39 is 0 Å². The fraction of sp³-hybridized carbons (Fsp3) is 0.308. The number of benzene rings is 1. The first kappa shape index (κ1) is 12.3. The summed E-state index contributed by atoms with van der Waals surface area (Å²) in [6.45, 7) is 7.50. The number of urea groups is 1. The minimum atomic E-state index is -0.234. The van der Waals surface area contributed by atoms with Crippen molar-refractivity contribution >= 4 is 6.03 Å². The normalized spacial score (nSPS) is 11.6. The summed E-state index contributed by atoms with van der Waals surface area (Å²) < 4.78 is 0. The van der Waals surface area contributed by atoms with Gasteiger partial charge in [-0.3, -0.25) is 0 Å². The quantitative estimate of drug-likeness (QED) is 0.801. The second kappa shape index (κ2) is 5.95. The Balaban J connectivity index is 2.61. The molecule has 2 amide bonds. The lowest BCUT2D eigenvalue weighted by Gasteiger charge is -2.14. The fourth-order valence-electron chi connectivity index (χ4n) is 1.46. The molecule has 0 saturated heterocycles. The molecule has 3 heteroatoms. The Bertz CT molecular complexity index is 357. The van der Waals surface area contributed by atoms with E-state index in [0.29, 0.717) is 0 Å². The smallest absolute Gasteiger partial charge is 0.319 e. The Morgan fingerprint density at radius 1 is 1.44 bits per heavy atom. The van der Waals surface area contributed by atoms with Crippen molar-refractivity contribution in [2.24, 2.45) is 0 Å². The summed E-state index contributed by atoms with van der Waals surface area (Å²) in [5.74, 6) is 0. The Morgan fingerprint density at radius 3 is 2.56 bits per heavy atom. The topological polar surface area (TPSA) is 41.1 Å². The molecular formula is C13H18N2O. The monoisotopic (exact) mass is 218 g/mol. The van der Waals surface area contributed by atoms with Gasteiger partial charge in [-0.1, -0.05) is 37.8 Å². The van der Waals surface area contributed by atoms with Crippen LogP contribution in [-0.4, -0.2) is 6.03 Å². The Morgan fingerprint density at radius 2 is 2.06 bits per heavy atom. The average molecular weight is 218 g/mol. The van der Waals surface area contributed by atoms with Gasteiger partial charge < -0.3 is 10.6 Å². The van der Waals surface area contributed by atoms with Gasteiger partial charge in [0.25, 0.3) is 0 Å². The van der Waals surface area contributed by atoms with Gasteiger partial charge in [-0.25, -0.2) is 4.79 Å². The number of carbonyl (C=O) groups is 1. The molecule has 0 aliphatic rings. The number of carbonyl (C=O) groups excluding carboxylic acids is 1. The second-order valence-electron chi connectivity index (χ2n) is 3.64. The van der Waals surface area contributed by atoms with Crippen molar-refractivity contribution in [3.63, 3.8) is 0 Å². The van der Waals surface area contributed by atoms with E-state index in [1.54, 1.807) is 0 Å². The summed E-state index contributed by atoms with van der Waals surface area (Å²) in [5.41, 5.74) is 2.39. The van der Waals surface area contributed by atoms with Crippen molar-refractivity contribution in [1.29, 1.82) is 0 Å². The molecule has 0 aliphatic heterocycles. The zero-order valence-electron chi connectivity index (χ0n) is 9.79. The molecule has 0 saturated carbocycles. The molecule has 0 bridgehead atoms. The first-order valence-electron chi connectivity index (χ1n) is 5.44. The summed E-state index contributed by atoms with van der Waals surface area (Å²) in [4.78, 5) is 11.3. The van der Waals surface area contributed by atoms with Gasteiger partial charge >= 0.3 is 6.03 Å². The summed E-state index contributed by atoms with van der Waals surface area (Å²) in [5, 5.41) is 5.30. The highest BCUT2D eigenvalue weighted by Crippen LogP contribution is 2.13. The number of rotatable bonds is 4. The van der Waals surface area contributed by atoms with Gasteiger partial charge in [0.1, 0.15) is 0 Å². The largest absolute Gasteiger partial charge is 0.331 e. The zero-order chi connectivity index (χ0) is 12.0. The van der Waals surface area contributed by atoms with Gasteiger partial charge in [0.05, 0.1) is 6.04 Å². The van der Waals surface area contributed by atoms with Crippen LogP contribution in [0.15, 0.2) is 37.0 Å². The van der Waals surface area contributed by atoms with E-state index in [2.05, 4.69) is 36.3 Å². The molecule has 1 atom stereocenters. The molecule has 3 nitrogen and oxygen atoms in total. The first-order valence-corrected chi connectivity index (χ1v) is 5.44. The highest BCUT2D eigenvalue weighted by molar-refractivity contribution is 5.75. The number of nitrogens with one attached hydrogen (secondary N) is 2. The molecule has 0 spiro atoms. The summed E-state index contributed by atoms with van der Waals surface area (Å²) in [7, 11) is 0. The third-order valence-corrected chi connectivity index (χ3v) is 2.47. The molecule has 0 fully saturated rings. The Labute approximate surface area is 96.6 Å². The first-order chi connectivity index (χ1) is 7.67. The maximum Gasteiger partial charge on any atom is 0.319 e. The average Bonchev–Trinajstić information content (AvgIpc) is 2.29. The molecular weight excluding hydrogens is 200 g/mol. The van der Waals surface area contributed by atoms with E-state index in [9.17, 15) is 4.79 Å². The van der Waals surface area contributed by atoms with Crippen LogP contribution in [0.4, 0.5) is 4.79 Å². The highest BCUT2D eigenvalue weighted by Gasteiger charge is 2.07. The van der Waals surface area contributed by atoms with Gasteiger partial charge in [-0.2, -0.15) is 0 Å². The van der Waals surface area contributed by atoms with E-state index in [1.807, 2.05) is 19.1 Å². The van der Waals surface area contributed by atoms with Crippen LogP contribution in [0.25, 0.3) is 0 Å². The number of hydrogen-bond acceptors (Lipinski definition) is 1. The Hall–Kier alpha value is -1.77. The standard InChI is InChI=1S/C13H18N2O/c1-4-11-6-8-12(9-7-11)10(3)15-13(16)14-5-2/h5-10H,2,4H2,1,3H3,(H2,14,15,16). The van der Waals surface area contributed by atoms with Gasteiger partial charge in [-0.15, -0.1) is 0 Å². The van der Waals surface area contributed by atoms with Crippen molar-refractivity contribution in [2.75, 3.05) is 0 Å². The van der Waals surface area contributed by atoms with Crippen LogP contribution in [0.2, 0.25) is 0 Å². The third-order valence-electron chi connectivity index (χ3n) is 2.47. The molecule has 0 aromatic heterocycles. The maximum absolute atomic E-state index is 11.3. The summed E-state index contributed by atoms with van der Waals surface area (Å²) in [6.07, 6.45) is 2.39. The van der Waals surface area contributed by atoms with Crippen LogP contribution in [0.1, 0.15) is 31.0 Å². The van der Waals surface area contributed by atoms with E-state index in [4.69, 9.17) is 0 Å². The van der Waals surface area contributed by atoms with Crippen LogP contribution in [0.5, 0.6) is 0 Å². The molecule has 1 rings (SSSR count). The maximum atomic E-state index is 11.3. The van der Waals surface area contributed by atoms with Crippen LogP contribution in [0, 0.1) is 0 Å². The minimum absolute atomic E-state index is 0.00847. The third kappa shape index (κ3) is 3.42. The number of amides is 2. The molecule has 86 valence electrons. The van der Waals surface area contributed by atoms with Gasteiger partial charge in [-0.05, 0) is 30.7 Å². The molecule has 1 unspecified atom stereocenters. The Kier molecular flexibility index (Phi) is 4.58. The summed E-state index contributed by atoms with van der Waals surface area (Å²) >= 11 is 0. The van der Waals surface area contributed by atoms with Crippen LogP contribution in [0.3, 0.4) is 0 Å². The van der Waals surface area contributed by atoms with Gasteiger partial charge in [0.2, 0.25) is 0 Å². The molecule has 0 radical (unpaired) electrons. The fourth-order valence-corrected chi connectivity index (χ4v) is 1.46. The molecule has 1 aromatic carbocycles. The minimum Gasteiger partial charge on any atom is -0.331 e. The van der Waals surface area contributed by atoms with E-state index >= 15 is 0 Å². The number of hydrogen-bond donors (Lipinski definition) is 2. The van der Waals surface area contributed by atoms with E-state index in [0.717, 1.165) is 12.0 Å². The van der Waals surface area contributed by atoms with Crippen molar-refractivity contribution < 1.29 is 4.79 Å². The number of aryl methyl sites for hydroxylation is 1. The highest BCUT2D eigenvalue weighted by atomic mass is 16.2. The lowest BCUT2D eigenvalue weighted by atomic mass is 10.1. The van der Waals surface area contributed by atoms with Gasteiger partial charge in [0.15, 0.2) is 0 Å². The molecule has 16 heavy (non-hydrogen) atoms. The van der Waals surface area contributed by atoms with Crippen molar-refractivity contribution in [3.05, 3.63) is 48.2 Å². The van der Waals surface area contributed by atoms with Crippen molar-refractivity contribution in [1.82, 2.24) is 10.6 Å². The lowest BCUT2D eigenvalue weighted by molar-refractivity contribution is 0.241. The van der Waals surface area contributed by atoms with Crippen molar-refractivity contribution in [2.45, 2.75) is 26.3 Å². The van der Waals surface area contributed by atoms with Crippen molar-refractivity contribution in [3.8, 4) is 0 Å². The summed E-state index contributed by atoms with van der Waals surface area (Å²) in [6, 6.07) is 8.00. The van der Waals surface area contributed by atoms with Crippen LogP contribution < -0.4 is 10.6 Å². The van der Waals surface area contributed by atoms with E-state index in [-0.39, 0.29) is 12.1 Å². The lowest BCUT2D eigenvalue weighted by Crippen LogP contribution is -2.33. The predicted molar refractivity (Wildman–Crippen MR) is 66.1 cm³/mol. The van der Waals surface area contributed by atoms with E-state index in [1.165, 1.54) is 11.8 Å². The second-order valence-corrected chi connectivity index (χ2v) is 3.64. The van der Waals surface area contributed by atoms with Gasteiger partial charge in [0, 0.05) is 0 Å². The molecule has 0 aliphatic carbocycles. The van der Waals surface area contributed by atoms with Crippen LogP contribution in [-0.2, 0) is 6.42 Å².